The number of urea groups is 1. The summed E-state index contributed by atoms with van der Waals surface area (Å²) in [6, 6.07) is 7.45. The van der Waals surface area contributed by atoms with Crippen molar-refractivity contribution in [3.8, 4) is 11.6 Å². The van der Waals surface area contributed by atoms with Crippen molar-refractivity contribution in [2.24, 2.45) is 5.73 Å². The molecule has 1 fully saturated rings. The Morgan fingerprint density at radius 1 is 1.15 bits per heavy atom. The zero-order chi connectivity index (χ0) is 24.7. The third kappa shape index (κ3) is 6.40. The van der Waals surface area contributed by atoms with Crippen molar-refractivity contribution in [3.05, 3.63) is 41.6 Å². The van der Waals surface area contributed by atoms with Crippen molar-refractivity contribution in [2.75, 3.05) is 11.9 Å². The van der Waals surface area contributed by atoms with Crippen molar-refractivity contribution < 1.29 is 24.2 Å². The lowest BCUT2D eigenvalue weighted by atomic mass is 9.81. The number of benzene rings is 1. The minimum absolute atomic E-state index is 0.0234. The van der Waals surface area contributed by atoms with Crippen molar-refractivity contribution in [3.63, 3.8) is 0 Å². The summed E-state index contributed by atoms with van der Waals surface area (Å²) in [5, 5.41) is 23.9. The molecule has 0 saturated heterocycles. The first-order valence-electron chi connectivity index (χ1n) is 10.7. The van der Waals surface area contributed by atoms with E-state index in [2.05, 4.69) is 25.9 Å². The molecule has 0 atom stereocenters. The van der Waals surface area contributed by atoms with Crippen LogP contribution in [0.2, 0.25) is 0 Å². The molecule has 1 aromatic carbocycles. The summed E-state index contributed by atoms with van der Waals surface area (Å²) in [5.74, 6) is -1.15. The third-order valence-electron chi connectivity index (χ3n) is 5.34. The Morgan fingerprint density at radius 3 is 2.44 bits per heavy atom. The molecule has 34 heavy (non-hydrogen) atoms. The van der Waals surface area contributed by atoms with Crippen LogP contribution in [0.15, 0.2) is 30.3 Å². The Balaban J connectivity index is 1.70. The Morgan fingerprint density at radius 2 is 1.82 bits per heavy atom. The number of aryl methyl sites for hydroxylation is 1. The number of nitrogens with one attached hydrogen (secondary N) is 4. The maximum atomic E-state index is 12.7. The van der Waals surface area contributed by atoms with Gasteiger partial charge in [0, 0.05) is 17.3 Å². The number of rotatable bonds is 8. The van der Waals surface area contributed by atoms with Crippen molar-refractivity contribution >= 4 is 29.7 Å². The van der Waals surface area contributed by atoms with E-state index in [4.69, 9.17) is 21.0 Å². The van der Waals surface area contributed by atoms with E-state index in [0.717, 1.165) is 19.3 Å². The lowest BCUT2D eigenvalue weighted by Gasteiger charge is -2.36. The molecule has 0 aliphatic heterocycles. The molecule has 1 aliphatic rings. The number of amidine groups is 1. The van der Waals surface area contributed by atoms with E-state index in [1.54, 1.807) is 37.3 Å². The average molecular weight is 470 g/mol. The molecule has 1 aromatic heterocycles. The molecule has 1 saturated carbocycles. The molecule has 0 bridgehead atoms. The molecule has 1 heterocycles. The van der Waals surface area contributed by atoms with Gasteiger partial charge in [-0.15, -0.1) is 0 Å². The molecule has 3 rings (SSSR count). The van der Waals surface area contributed by atoms with E-state index in [1.807, 2.05) is 0 Å². The van der Waals surface area contributed by atoms with Gasteiger partial charge in [0.05, 0.1) is 0 Å². The van der Waals surface area contributed by atoms with Gasteiger partial charge in [0.25, 0.3) is 0 Å². The van der Waals surface area contributed by atoms with E-state index in [1.165, 1.54) is 0 Å². The van der Waals surface area contributed by atoms with Crippen molar-refractivity contribution in [1.82, 2.24) is 20.6 Å². The minimum atomic E-state index is -1.21. The number of carboxylic acid groups (broad SMARTS) is 1. The summed E-state index contributed by atoms with van der Waals surface area (Å²) in [6.07, 6.45) is 3.16. The Hall–Kier alpha value is -4.22. The van der Waals surface area contributed by atoms with E-state index in [9.17, 15) is 14.4 Å². The highest BCUT2D eigenvalue weighted by atomic mass is 16.5. The number of carbonyl (C=O) groups excluding carboxylic acids is 2. The van der Waals surface area contributed by atoms with Crippen LogP contribution >= 0.6 is 0 Å². The lowest BCUT2D eigenvalue weighted by Crippen LogP contribution is -2.61. The van der Waals surface area contributed by atoms with E-state index in [-0.39, 0.29) is 17.7 Å². The van der Waals surface area contributed by atoms with Crippen LogP contribution in [0.4, 0.5) is 10.7 Å². The van der Waals surface area contributed by atoms with Gasteiger partial charge in [-0.3, -0.25) is 20.3 Å². The highest BCUT2D eigenvalue weighted by Crippen LogP contribution is 2.29. The number of nitrogens with two attached hydrogens (primary N) is 1. The number of ether oxygens (including phenoxy) is 1. The molecular formula is C22H27N7O5. The summed E-state index contributed by atoms with van der Waals surface area (Å²) in [7, 11) is 0. The topological polar surface area (TPSA) is 192 Å². The van der Waals surface area contributed by atoms with Gasteiger partial charge in [-0.1, -0.05) is 19.3 Å². The number of amides is 3. The maximum Gasteiger partial charge on any atom is 0.322 e. The molecule has 7 N–H and O–H groups in total. The van der Waals surface area contributed by atoms with Crippen molar-refractivity contribution in [1.29, 1.82) is 5.41 Å². The van der Waals surface area contributed by atoms with Gasteiger partial charge in [0.15, 0.2) is 0 Å². The van der Waals surface area contributed by atoms with Gasteiger partial charge in [-0.05, 0) is 44.0 Å². The number of carboxylic acids is 1. The first-order valence-corrected chi connectivity index (χ1v) is 10.7. The number of nitrogens with zero attached hydrogens (tertiary/aromatic N) is 2. The van der Waals surface area contributed by atoms with Gasteiger partial charge in [0.1, 0.15) is 23.7 Å². The fraction of sp³-hybridized carbons (Fsp3) is 0.364. The smallest absolute Gasteiger partial charge is 0.322 e. The van der Waals surface area contributed by atoms with Crippen LogP contribution in [0, 0.1) is 12.3 Å². The van der Waals surface area contributed by atoms with E-state index < -0.39 is 30.0 Å². The minimum Gasteiger partial charge on any atom is -0.480 e. The molecule has 12 nitrogen and oxygen atoms in total. The Bertz CT molecular complexity index is 1080. The number of aliphatic carboxylic acids is 1. The van der Waals surface area contributed by atoms with Crippen LogP contribution in [0.3, 0.4) is 0 Å². The summed E-state index contributed by atoms with van der Waals surface area (Å²) < 4.78 is 5.72. The monoisotopic (exact) mass is 469 g/mol. The van der Waals surface area contributed by atoms with Gasteiger partial charge >= 0.3 is 12.0 Å². The average Bonchev–Trinajstić information content (AvgIpc) is 2.77. The summed E-state index contributed by atoms with van der Waals surface area (Å²) in [4.78, 5) is 44.7. The van der Waals surface area contributed by atoms with Gasteiger partial charge in [0.2, 0.25) is 17.7 Å². The zero-order valence-corrected chi connectivity index (χ0v) is 18.7. The van der Waals surface area contributed by atoms with Crippen LogP contribution in [0.5, 0.6) is 11.6 Å². The first kappa shape index (κ1) is 24.4. The fourth-order valence-electron chi connectivity index (χ4n) is 3.71. The fourth-order valence-corrected chi connectivity index (χ4v) is 3.71. The highest BCUT2D eigenvalue weighted by molar-refractivity contribution is 5.96. The molecule has 180 valence electrons. The van der Waals surface area contributed by atoms with Gasteiger partial charge in [-0.2, -0.15) is 4.98 Å². The van der Waals surface area contributed by atoms with Crippen LogP contribution in [0.25, 0.3) is 0 Å². The molecule has 0 radical (unpaired) electrons. The summed E-state index contributed by atoms with van der Waals surface area (Å²) in [6.45, 7) is 1.18. The normalized spacial score (nSPS) is 14.5. The molecule has 0 spiro atoms. The predicted molar refractivity (Wildman–Crippen MR) is 123 cm³/mol. The third-order valence-corrected chi connectivity index (χ3v) is 5.34. The largest absolute Gasteiger partial charge is 0.480 e. The molecule has 0 unspecified atom stereocenters. The van der Waals surface area contributed by atoms with Gasteiger partial charge < -0.3 is 26.2 Å². The van der Waals surface area contributed by atoms with Gasteiger partial charge in [-0.25, -0.2) is 9.78 Å². The SMILES string of the molecule is Cc1cc(Oc2ccc(C(=N)N)cc2)nc(NC(=O)NC2(C(=O)NCC(=O)O)CCCCC2)n1. The zero-order valence-electron chi connectivity index (χ0n) is 18.7. The van der Waals surface area contributed by atoms with E-state index >= 15 is 0 Å². The number of hydrogen-bond acceptors (Lipinski definition) is 7. The lowest BCUT2D eigenvalue weighted by molar-refractivity contribution is -0.139. The standard InChI is InChI=1S/C22H27N7O5/c1-13-11-16(34-15-7-5-14(6-8-15)18(23)24)27-20(26-13)28-21(33)29-22(9-3-2-4-10-22)19(32)25-12-17(30)31/h5-8,11H,2-4,9-10,12H2,1H3,(H3,23,24)(H,25,32)(H,30,31)(H2,26,27,28,29,33). The van der Waals surface area contributed by atoms with Crippen molar-refractivity contribution in [2.45, 2.75) is 44.6 Å². The Kier molecular flexibility index (Phi) is 7.61. The number of carbonyl (C=O) groups is 3. The molecule has 3 amide bonds. The molecule has 2 aromatic rings. The number of hydrogen-bond donors (Lipinski definition) is 6. The maximum absolute atomic E-state index is 12.7. The second-order valence-corrected chi connectivity index (χ2v) is 8.01. The Labute approximate surface area is 195 Å². The molecule has 1 aliphatic carbocycles. The van der Waals surface area contributed by atoms with E-state index in [0.29, 0.717) is 29.8 Å². The molecule has 12 heteroatoms. The van der Waals surface area contributed by atoms with Crippen LogP contribution in [-0.4, -0.2) is 50.9 Å². The summed E-state index contributed by atoms with van der Waals surface area (Å²) in [5.41, 5.74) is 5.33. The van der Waals surface area contributed by atoms with Crippen LogP contribution in [0.1, 0.15) is 43.4 Å². The molecular weight excluding hydrogens is 442 g/mol. The second kappa shape index (κ2) is 10.6. The second-order valence-electron chi connectivity index (χ2n) is 8.01. The predicted octanol–water partition coefficient (Wildman–Crippen LogP) is 1.89. The summed E-state index contributed by atoms with van der Waals surface area (Å²) >= 11 is 0. The quantitative estimate of drug-likeness (QED) is 0.249. The van der Waals surface area contributed by atoms with Crippen LogP contribution in [-0.2, 0) is 9.59 Å². The number of anilines is 1. The first-order chi connectivity index (χ1) is 16.2. The van der Waals surface area contributed by atoms with Crippen LogP contribution < -0.4 is 26.4 Å². The number of aromatic nitrogens is 2. The highest BCUT2D eigenvalue weighted by Gasteiger charge is 2.41. The number of nitrogen functional groups attached to an aromatic ring is 1.